The van der Waals surface area contributed by atoms with Crippen molar-refractivity contribution >= 4 is 5.97 Å². The van der Waals surface area contributed by atoms with Crippen molar-refractivity contribution in [1.82, 2.24) is 0 Å². The Morgan fingerprint density at radius 3 is 2.69 bits per heavy atom. The number of hydrogen-bond donors (Lipinski definition) is 3. The number of ether oxygens (including phenoxy) is 1. The summed E-state index contributed by atoms with van der Waals surface area (Å²) in [5, 5.41) is 27.3. The first kappa shape index (κ1) is 9.91. The van der Waals surface area contributed by atoms with Crippen LogP contribution in [0.1, 0.15) is 0 Å². The minimum absolute atomic E-state index is 0.0748. The second kappa shape index (κ2) is 3.29. The van der Waals surface area contributed by atoms with E-state index in [9.17, 15) is 15.0 Å². The van der Waals surface area contributed by atoms with E-state index in [1.807, 2.05) is 0 Å². The molecule has 1 aliphatic carbocycles. The van der Waals surface area contributed by atoms with Crippen molar-refractivity contribution in [1.29, 1.82) is 0 Å². The predicted molar refractivity (Wildman–Crippen MR) is 42.8 cm³/mol. The first-order valence-electron chi connectivity index (χ1n) is 3.59. The Morgan fingerprint density at radius 1 is 1.69 bits per heavy atom. The third kappa shape index (κ3) is 1.77. The summed E-state index contributed by atoms with van der Waals surface area (Å²) >= 11 is 0. The lowest BCUT2D eigenvalue weighted by Crippen LogP contribution is -2.43. The summed E-state index contributed by atoms with van der Waals surface area (Å²) in [7, 11) is 1.22. The number of hydrogen-bond acceptors (Lipinski definition) is 4. The van der Waals surface area contributed by atoms with Crippen molar-refractivity contribution in [2.24, 2.45) is 0 Å². The third-order valence-corrected chi connectivity index (χ3v) is 1.84. The second-order valence-corrected chi connectivity index (χ2v) is 2.66. The van der Waals surface area contributed by atoms with E-state index in [1.54, 1.807) is 0 Å². The Balaban J connectivity index is 2.91. The van der Waals surface area contributed by atoms with Crippen LogP contribution >= 0.6 is 0 Å². The quantitative estimate of drug-likeness (QED) is 0.494. The van der Waals surface area contributed by atoms with Gasteiger partial charge in [0.15, 0.2) is 0 Å². The van der Waals surface area contributed by atoms with E-state index < -0.39 is 17.9 Å². The smallest absolute Gasteiger partial charge is 0.335 e. The van der Waals surface area contributed by atoms with Crippen LogP contribution in [0.15, 0.2) is 23.8 Å². The van der Waals surface area contributed by atoms with Crippen LogP contribution in [0, 0.1) is 0 Å². The maximum Gasteiger partial charge on any atom is 0.335 e. The van der Waals surface area contributed by atoms with Crippen molar-refractivity contribution in [3.05, 3.63) is 23.8 Å². The van der Waals surface area contributed by atoms with Crippen molar-refractivity contribution in [3.63, 3.8) is 0 Å². The molecule has 3 N–H and O–H groups in total. The highest BCUT2D eigenvalue weighted by Gasteiger charge is 2.35. The lowest BCUT2D eigenvalue weighted by molar-refractivity contribution is -0.195. The number of carboxylic acid groups (broad SMARTS) is 1. The fourth-order valence-corrected chi connectivity index (χ4v) is 0.984. The van der Waals surface area contributed by atoms with Crippen molar-refractivity contribution < 1.29 is 24.9 Å². The highest BCUT2D eigenvalue weighted by Crippen LogP contribution is 2.22. The maximum atomic E-state index is 10.4. The summed E-state index contributed by atoms with van der Waals surface area (Å²) in [5.74, 6) is -2.98. The summed E-state index contributed by atoms with van der Waals surface area (Å²) in [5.41, 5.74) is -0.0748. The minimum Gasteiger partial charge on any atom is -0.478 e. The van der Waals surface area contributed by atoms with E-state index in [1.165, 1.54) is 13.2 Å². The lowest BCUT2D eigenvalue weighted by Gasteiger charge is -2.28. The van der Waals surface area contributed by atoms with Gasteiger partial charge in [0.2, 0.25) is 5.79 Å². The van der Waals surface area contributed by atoms with Gasteiger partial charge >= 0.3 is 5.97 Å². The first-order chi connectivity index (χ1) is 5.99. The van der Waals surface area contributed by atoms with Gasteiger partial charge in [-0.15, -0.1) is 0 Å². The van der Waals surface area contributed by atoms with Crippen LogP contribution in [0.4, 0.5) is 0 Å². The van der Waals surface area contributed by atoms with Gasteiger partial charge in [0.05, 0.1) is 5.57 Å². The van der Waals surface area contributed by atoms with Gasteiger partial charge in [-0.25, -0.2) is 4.79 Å². The summed E-state index contributed by atoms with van der Waals surface area (Å²) in [4.78, 5) is 10.4. The van der Waals surface area contributed by atoms with Crippen LogP contribution in [0.25, 0.3) is 0 Å². The van der Waals surface area contributed by atoms with Crippen LogP contribution in [-0.2, 0) is 9.53 Å². The van der Waals surface area contributed by atoms with E-state index in [4.69, 9.17) is 5.11 Å². The van der Waals surface area contributed by atoms with Gasteiger partial charge in [-0.1, -0.05) is 0 Å². The van der Waals surface area contributed by atoms with Crippen LogP contribution in [-0.4, -0.2) is 40.3 Å². The monoisotopic (exact) mass is 186 g/mol. The molecule has 5 heteroatoms. The predicted octanol–water partition coefficient (Wildman–Crippen LogP) is -0.737. The zero-order valence-electron chi connectivity index (χ0n) is 6.97. The Hall–Kier alpha value is -1.17. The van der Waals surface area contributed by atoms with Crippen molar-refractivity contribution in [2.45, 2.75) is 11.9 Å². The number of aliphatic hydroxyl groups is 2. The number of carbonyl (C=O) groups is 1. The van der Waals surface area contributed by atoms with Crippen LogP contribution in [0.3, 0.4) is 0 Å². The molecule has 0 amide bonds. The van der Waals surface area contributed by atoms with Gasteiger partial charge in [-0.05, 0) is 18.2 Å². The van der Waals surface area contributed by atoms with Gasteiger partial charge < -0.3 is 20.1 Å². The zero-order valence-corrected chi connectivity index (χ0v) is 6.97. The molecule has 0 saturated carbocycles. The van der Waals surface area contributed by atoms with Crippen LogP contribution < -0.4 is 0 Å². The number of rotatable bonds is 2. The molecule has 1 aliphatic rings. The molecule has 2 atom stereocenters. The van der Waals surface area contributed by atoms with E-state index in [0.29, 0.717) is 0 Å². The van der Waals surface area contributed by atoms with Gasteiger partial charge in [-0.2, -0.15) is 0 Å². The SMILES string of the molecule is CO[C@@]1(O)C=CC(C(=O)O)=C[C@@H]1O. The number of methoxy groups -OCH3 is 1. The molecule has 0 unspecified atom stereocenters. The maximum absolute atomic E-state index is 10.4. The fraction of sp³-hybridized carbons (Fsp3) is 0.375. The summed E-state index contributed by atoms with van der Waals surface area (Å²) < 4.78 is 4.60. The van der Waals surface area contributed by atoms with E-state index in [2.05, 4.69) is 4.74 Å². The highest BCUT2D eigenvalue weighted by molar-refractivity contribution is 5.90. The van der Waals surface area contributed by atoms with E-state index in [-0.39, 0.29) is 5.57 Å². The second-order valence-electron chi connectivity index (χ2n) is 2.66. The molecule has 0 spiro atoms. The first-order valence-corrected chi connectivity index (χ1v) is 3.59. The fourth-order valence-electron chi connectivity index (χ4n) is 0.984. The molecule has 0 radical (unpaired) electrons. The number of aliphatic carboxylic acids is 1. The molecule has 13 heavy (non-hydrogen) atoms. The molecule has 0 bridgehead atoms. The molecule has 0 aliphatic heterocycles. The molecule has 0 saturated heterocycles. The van der Waals surface area contributed by atoms with E-state index >= 15 is 0 Å². The molecule has 72 valence electrons. The molecule has 1 rings (SSSR count). The van der Waals surface area contributed by atoms with Crippen LogP contribution in [0.5, 0.6) is 0 Å². The number of aliphatic hydroxyl groups excluding tert-OH is 1. The minimum atomic E-state index is -1.82. The van der Waals surface area contributed by atoms with Gasteiger partial charge in [-0.3, -0.25) is 0 Å². The molecule has 0 aromatic carbocycles. The van der Waals surface area contributed by atoms with E-state index in [0.717, 1.165) is 12.2 Å². The normalized spacial score (nSPS) is 32.8. The zero-order chi connectivity index (χ0) is 10.1. The Labute approximate surface area is 74.6 Å². The average molecular weight is 186 g/mol. The van der Waals surface area contributed by atoms with Gasteiger partial charge in [0, 0.05) is 7.11 Å². The standard InChI is InChI=1S/C8H10O5/c1-13-8(12)3-2-5(7(10)11)4-6(8)9/h2-4,6,9,12H,1H3,(H,10,11)/t6-,8-/m0/s1. The molecule has 0 fully saturated rings. The summed E-state index contributed by atoms with van der Waals surface area (Å²) in [6.45, 7) is 0. The van der Waals surface area contributed by atoms with Crippen molar-refractivity contribution in [3.8, 4) is 0 Å². The Bertz CT molecular complexity index is 280. The average Bonchev–Trinajstić information content (AvgIpc) is 2.09. The summed E-state index contributed by atoms with van der Waals surface area (Å²) in [6, 6.07) is 0. The number of carboxylic acids is 1. The van der Waals surface area contributed by atoms with Crippen molar-refractivity contribution in [2.75, 3.05) is 7.11 Å². The molecule has 0 heterocycles. The summed E-state index contributed by atoms with van der Waals surface area (Å²) in [6.07, 6.45) is 1.93. The van der Waals surface area contributed by atoms with Crippen LogP contribution in [0.2, 0.25) is 0 Å². The van der Waals surface area contributed by atoms with Gasteiger partial charge in [0.1, 0.15) is 6.10 Å². The molecular formula is C8H10O5. The Morgan fingerprint density at radius 2 is 2.31 bits per heavy atom. The molecule has 0 aromatic heterocycles. The molecule has 0 aromatic rings. The lowest BCUT2D eigenvalue weighted by atomic mass is 9.99. The van der Waals surface area contributed by atoms with Gasteiger partial charge in [0.25, 0.3) is 0 Å². The molecule has 5 nitrogen and oxygen atoms in total. The largest absolute Gasteiger partial charge is 0.478 e. The topological polar surface area (TPSA) is 87.0 Å². The third-order valence-electron chi connectivity index (χ3n) is 1.84. The highest BCUT2D eigenvalue weighted by atomic mass is 16.6. The molecular weight excluding hydrogens is 176 g/mol. The Kier molecular flexibility index (Phi) is 2.51.